The second kappa shape index (κ2) is 7.41. The molecule has 0 aliphatic heterocycles. The molecule has 0 spiro atoms. The van der Waals surface area contributed by atoms with Gasteiger partial charge in [-0.2, -0.15) is 8.42 Å². The van der Waals surface area contributed by atoms with Gasteiger partial charge in [-0.15, -0.1) is 0 Å². The molecule has 0 bridgehead atoms. The summed E-state index contributed by atoms with van der Waals surface area (Å²) in [4.78, 5) is 12.9. The number of carbonyl (C=O) groups is 1. The molecule has 0 amide bonds. The number of rotatable bonds is 3. The van der Waals surface area contributed by atoms with E-state index < -0.39 is 10.1 Å². The largest absolute Gasteiger partial charge is 0.299 e. The van der Waals surface area contributed by atoms with Crippen LogP contribution >= 0.6 is 0 Å². The minimum Gasteiger partial charge on any atom is -0.299 e. The topological polar surface area (TPSA) is 60.4 Å². The first-order valence-corrected chi connectivity index (χ1v) is 13.6. The van der Waals surface area contributed by atoms with Crippen molar-refractivity contribution in [3.63, 3.8) is 0 Å². The van der Waals surface area contributed by atoms with Gasteiger partial charge in [-0.1, -0.05) is 31.5 Å². The van der Waals surface area contributed by atoms with Crippen molar-refractivity contribution in [3.05, 3.63) is 29.8 Å². The zero-order chi connectivity index (χ0) is 22.0. The van der Waals surface area contributed by atoms with E-state index in [-0.39, 0.29) is 21.8 Å². The summed E-state index contributed by atoms with van der Waals surface area (Å²) in [7, 11) is -3.72. The quantitative estimate of drug-likeness (QED) is 0.563. The van der Waals surface area contributed by atoms with Crippen LogP contribution in [0.1, 0.15) is 77.2 Å². The molecule has 0 radical (unpaired) electrons. The fourth-order valence-corrected chi connectivity index (χ4v) is 9.13. The molecule has 4 fully saturated rings. The third kappa shape index (κ3) is 3.42. The lowest BCUT2D eigenvalue weighted by Crippen LogP contribution is -2.54. The second-order valence-electron chi connectivity index (χ2n) is 11.3. The van der Waals surface area contributed by atoms with Crippen LogP contribution in [-0.2, 0) is 19.1 Å². The zero-order valence-corrected chi connectivity index (χ0v) is 19.9. The highest BCUT2D eigenvalue weighted by Gasteiger charge is 2.60. The predicted octanol–water partition coefficient (Wildman–Crippen LogP) is 5.68. The first-order valence-electron chi connectivity index (χ1n) is 12.2. The van der Waals surface area contributed by atoms with Gasteiger partial charge in [0.25, 0.3) is 10.1 Å². The number of benzene rings is 1. The lowest BCUT2D eigenvalue weighted by molar-refractivity contribution is -0.141. The smallest absolute Gasteiger partial charge is 0.297 e. The molecule has 5 heteroatoms. The Morgan fingerprint density at radius 2 is 1.68 bits per heavy atom. The van der Waals surface area contributed by atoms with Crippen molar-refractivity contribution in [3.8, 4) is 0 Å². The zero-order valence-electron chi connectivity index (χ0n) is 19.1. The molecular formula is C26H36O4S. The third-order valence-electron chi connectivity index (χ3n) is 9.90. The Morgan fingerprint density at radius 1 is 0.935 bits per heavy atom. The van der Waals surface area contributed by atoms with Crippen molar-refractivity contribution in [2.24, 2.45) is 34.5 Å². The summed E-state index contributed by atoms with van der Waals surface area (Å²) in [5, 5.41) is 0. The van der Waals surface area contributed by atoms with E-state index in [9.17, 15) is 13.2 Å². The molecule has 0 N–H and O–H groups in total. The van der Waals surface area contributed by atoms with Gasteiger partial charge >= 0.3 is 0 Å². The van der Waals surface area contributed by atoms with Gasteiger partial charge in [0.15, 0.2) is 0 Å². The molecule has 0 unspecified atom stereocenters. The average Bonchev–Trinajstić information content (AvgIpc) is 3.03. The van der Waals surface area contributed by atoms with Gasteiger partial charge in [-0.25, -0.2) is 0 Å². The third-order valence-corrected chi connectivity index (χ3v) is 11.3. The molecule has 31 heavy (non-hydrogen) atoms. The lowest BCUT2D eigenvalue weighted by atomic mass is 9.45. The molecule has 4 saturated carbocycles. The molecule has 0 aromatic heterocycles. The van der Waals surface area contributed by atoms with E-state index in [2.05, 4.69) is 13.8 Å². The van der Waals surface area contributed by atoms with Crippen LogP contribution in [0.25, 0.3) is 0 Å². The van der Waals surface area contributed by atoms with E-state index in [0.717, 1.165) is 56.9 Å². The van der Waals surface area contributed by atoms with Crippen LogP contribution in [0.5, 0.6) is 0 Å². The molecule has 4 aliphatic rings. The van der Waals surface area contributed by atoms with Gasteiger partial charge in [0.05, 0.1) is 11.0 Å². The second-order valence-corrected chi connectivity index (χ2v) is 12.9. The van der Waals surface area contributed by atoms with Gasteiger partial charge in [0, 0.05) is 11.8 Å². The summed E-state index contributed by atoms with van der Waals surface area (Å²) in [6.45, 7) is 6.64. The maximum atomic E-state index is 12.8. The molecule has 1 aromatic rings. The Morgan fingerprint density at radius 3 is 2.42 bits per heavy atom. The summed E-state index contributed by atoms with van der Waals surface area (Å²) in [5.41, 5.74) is 1.22. The highest BCUT2D eigenvalue weighted by molar-refractivity contribution is 7.86. The van der Waals surface area contributed by atoms with Crippen molar-refractivity contribution >= 4 is 15.9 Å². The van der Waals surface area contributed by atoms with Crippen LogP contribution in [0.3, 0.4) is 0 Å². The van der Waals surface area contributed by atoms with Gasteiger partial charge in [0.1, 0.15) is 5.78 Å². The van der Waals surface area contributed by atoms with Crippen molar-refractivity contribution in [2.75, 3.05) is 0 Å². The molecule has 4 nitrogen and oxygen atoms in total. The Balaban J connectivity index is 1.30. The number of fused-ring (bicyclic) bond motifs is 5. The van der Waals surface area contributed by atoms with Crippen molar-refractivity contribution in [1.29, 1.82) is 0 Å². The van der Waals surface area contributed by atoms with E-state index >= 15 is 0 Å². The molecular weight excluding hydrogens is 408 g/mol. The highest BCUT2D eigenvalue weighted by Crippen LogP contribution is 2.65. The molecule has 1 aromatic carbocycles. The summed E-state index contributed by atoms with van der Waals surface area (Å²) in [6, 6.07) is 6.93. The Labute approximate surface area is 187 Å². The van der Waals surface area contributed by atoms with Crippen LogP contribution in [0, 0.1) is 41.4 Å². The van der Waals surface area contributed by atoms with Crippen LogP contribution < -0.4 is 0 Å². The number of Topliss-reactive ketones (excluding diaryl/α,β-unsaturated/α-hetero) is 1. The van der Waals surface area contributed by atoms with E-state index in [1.165, 1.54) is 6.42 Å². The first kappa shape index (κ1) is 21.6. The van der Waals surface area contributed by atoms with Crippen LogP contribution in [0.4, 0.5) is 0 Å². The minimum absolute atomic E-state index is 0.0766. The first-order chi connectivity index (χ1) is 14.6. The molecule has 170 valence electrons. The molecule has 5 rings (SSSR count). The highest BCUT2D eigenvalue weighted by atomic mass is 32.2. The number of ketones is 1. The monoisotopic (exact) mass is 444 g/mol. The molecule has 0 heterocycles. The van der Waals surface area contributed by atoms with Crippen molar-refractivity contribution in [1.82, 2.24) is 0 Å². The summed E-state index contributed by atoms with van der Waals surface area (Å²) < 4.78 is 31.4. The lowest BCUT2D eigenvalue weighted by Gasteiger charge is -2.60. The van der Waals surface area contributed by atoms with Crippen molar-refractivity contribution < 1.29 is 17.4 Å². The Bertz CT molecular complexity index is 968. The van der Waals surface area contributed by atoms with Crippen LogP contribution in [-0.4, -0.2) is 20.3 Å². The number of carbonyl (C=O) groups excluding carboxylic acids is 1. The van der Waals surface area contributed by atoms with E-state index in [1.54, 1.807) is 12.1 Å². The summed E-state index contributed by atoms with van der Waals surface area (Å²) in [5.74, 6) is 2.92. The predicted molar refractivity (Wildman–Crippen MR) is 120 cm³/mol. The average molecular weight is 445 g/mol. The van der Waals surface area contributed by atoms with Gasteiger partial charge in [-0.3, -0.25) is 8.98 Å². The fourth-order valence-electron chi connectivity index (χ4n) is 8.02. The van der Waals surface area contributed by atoms with Gasteiger partial charge in [0.2, 0.25) is 0 Å². The molecule has 7 atom stereocenters. The van der Waals surface area contributed by atoms with Crippen LogP contribution in [0.15, 0.2) is 29.2 Å². The Hall–Kier alpha value is -1.20. The maximum Gasteiger partial charge on any atom is 0.297 e. The number of hydrogen-bond donors (Lipinski definition) is 0. The number of hydrogen-bond acceptors (Lipinski definition) is 4. The molecule has 0 saturated heterocycles. The van der Waals surface area contributed by atoms with Gasteiger partial charge in [-0.05, 0) is 99.5 Å². The minimum atomic E-state index is -3.72. The van der Waals surface area contributed by atoms with E-state index in [1.807, 2.05) is 19.1 Å². The Kier molecular flexibility index (Phi) is 5.17. The SMILES string of the molecule is Cc1ccc(S(=O)(=O)O[C@@H]2CC[C@@]3(C)[C@@H](CC[C@@H]4[C@@H]3CC[C@]3(C)C(=O)CC[C@@H]43)C2)cc1. The van der Waals surface area contributed by atoms with E-state index in [4.69, 9.17) is 4.18 Å². The molecule has 4 aliphatic carbocycles. The summed E-state index contributed by atoms with van der Waals surface area (Å²) >= 11 is 0. The normalized spacial score (nSPS) is 42.5. The van der Waals surface area contributed by atoms with Crippen LogP contribution in [0.2, 0.25) is 0 Å². The number of aryl methyl sites for hydroxylation is 1. The van der Waals surface area contributed by atoms with Crippen molar-refractivity contribution in [2.45, 2.75) is 89.6 Å². The van der Waals surface area contributed by atoms with Gasteiger partial charge < -0.3 is 0 Å². The summed E-state index contributed by atoms with van der Waals surface area (Å²) in [6.07, 6.45) is 8.85. The van der Waals surface area contributed by atoms with E-state index in [0.29, 0.717) is 29.5 Å². The standard InChI is InChI=1S/C26H36O4S/c1-17-4-7-20(8-5-17)31(28,29)30-19-12-14-25(2)18(16-19)6-9-21-22-10-11-24(27)26(22,3)15-13-23(21)25/h4-5,7-8,18-19,21-23H,6,9-16H2,1-3H3/t18-,19+,21-,22-,23-,25-,26-/m0/s1. The fraction of sp³-hybridized carbons (Fsp3) is 0.731. The maximum absolute atomic E-state index is 12.8.